The van der Waals surface area contributed by atoms with E-state index in [1.54, 1.807) is 6.08 Å². The van der Waals surface area contributed by atoms with Gasteiger partial charge < -0.3 is 5.11 Å². The van der Waals surface area contributed by atoms with Crippen LogP contribution in [0.2, 0.25) is 0 Å². The van der Waals surface area contributed by atoms with Gasteiger partial charge in [-0.1, -0.05) is 12.1 Å². The van der Waals surface area contributed by atoms with Crippen LogP contribution in [0.15, 0.2) is 41.8 Å². The van der Waals surface area contributed by atoms with Crippen LogP contribution >= 0.6 is 0 Å². The van der Waals surface area contributed by atoms with Gasteiger partial charge in [0.15, 0.2) is 0 Å². The van der Waals surface area contributed by atoms with E-state index in [1.807, 2.05) is 0 Å². The summed E-state index contributed by atoms with van der Waals surface area (Å²) in [6.45, 7) is 3.53. The summed E-state index contributed by atoms with van der Waals surface area (Å²) in [7, 11) is -4.27. The molecule has 0 amide bonds. The Labute approximate surface area is 105 Å². The van der Waals surface area contributed by atoms with E-state index in [4.69, 9.17) is 9.66 Å². The van der Waals surface area contributed by atoms with E-state index in [-0.39, 0.29) is 4.90 Å². The van der Waals surface area contributed by atoms with Crippen molar-refractivity contribution in [1.82, 2.24) is 0 Å². The van der Waals surface area contributed by atoms with Crippen LogP contribution in [0.4, 0.5) is 0 Å². The first kappa shape index (κ1) is 14.1. The number of benzene rings is 1. The fourth-order valence-corrected chi connectivity index (χ4v) is 1.93. The molecule has 0 aromatic heterocycles. The van der Waals surface area contributed by atoms with E-state index in [1.165, 1.54) is 24.3 Å². The number of hydrogen-bond donors (Lipinski definition) is 2. The summed E-state index contributed by atoms with van der Waals surface area (Å²) < 4.78 is 30.9. The van der Waals surface area contributed by atoms with Gasteiger partial charge in [-0.15, -0.1) is 6.58 Å². The summed E-state index contributed by atoms with van der Waals surface area (Å²) in [4.78, 5) is 10.2. The second kappa shape index (κ2) is 5.61. The second-order valence-corrected chi connectivity index (χ2v) is 4.92. The van der Waals surface area contributed by atoms with E-state index in [9.17, 15) is 13.2 Å². The van der Waals surface area contributed by atoms with E-state index in [2.05, 4.69) is 6.58 Å². The van der Waals surface area contributed by atoms with Gasteiger partial charge in [-0.25, -0.2) is 4.79 Å². The van der Waals surface area contributed by atoms with E-state index < -0.39 is 16.1 Å². The predicted molar refractivity (Wildman–Crippen MR) is 66.8 cm³/mol. The molecule has 1 aromatic rings. The fraction of sp³-hybridized carbons (Fsp3) is 0.0833. The standard InChI is InChI=1S/C12H12O5S/c1-2-3-10-8-11(18(15,16)17)6-4-9(10)5-7-12(13)14/h2,4-8H,1,3H2,(H,13,14)(H,15,16,17). The number of rotatable bonds is 5. The average Bonchev–Trinajstić information content (AvgIpc) is 2.26. The van der Waals surface area contributed by atoms with Crippen LogP contribution in [0.3, 0.4) is 0 Å². The van der Waals surface area contributed by atoms with Gasteiger partial charge in [0.2, 0.25) is 0 Å². The first-order chi connectivity index (χ1) is 8.34. The van der Waals surface area contributed by atoms with E-state index in [0.717, 1.165) is 6.08 Å². The molecule has 96 valence electrons. The molecule has 0 unspecified atom stereocenters. The van der Waals surface area contributed by atoms with Gasteiger partial charge in [-0.3, -0.25) is 4.55 Å². The first-order valence-corrected chi connectivity index (χ1v) is 6.41. The lowest BCUT2D eigenvalue weighted by Crippen LogP contribution is -2.00. The maximum absolute atomic E-state index is 11.0. The minimum Gasteiger partial charge on any atom is -0.478 e. The predicted octanol–water partition coefficient (Wildman–Crippen LogP) is 1.76. The molecular formula is C12H12O5S. The molecule has 6 heteroatoms. The summed E-state index contributed by atoms with van der Waals surface area (Å²) in [5.74, 6) is -1.10. The zero-order valence-corrected chi connectivity index (χ0v) is 10.2. The molecule has 2 N–H and O–H groups in total. The molecule has 18 heavy (non-hydrogen) atoms. The van der Waals surface area contributed by atoms with Crippen LogP contribution in [-0.4, -0.2) is 24.0 Å². The lowest BCUT2D eigenvalue weighted by molar-refractivity contribution is -0.131. The van der Waals surface area contributed by atoms with Crippen LogP contribution in [-0.2, 0) is 21.3 Å². The van der Waals surface area contributed by atoms with E-state index in [0.29, 0.717) is 17.5 Å². The molecule has 0 heterocycles. The number of carbonyl (C=O) groups is 1. The molecule has 0 atom stereocenters. The van der Waals surface area contributed by atoms with Crippen LogP contribution in [0, 0.1) is 0 Å². The number of carboxylic acid groups (broad SMARTS) is 1. The molecule has 0 spiro atoms. The maximum atomic E-state index is 11.0. The van der Waals surface area contributed by atoms with Crippen LogP contribution in [0.1, 0.15) is 11.1 Å². The number of aliphatic carboxylic acids is 1. The SMILES string of the molecule is C=CCc1cc(S(=O)(=O)O)ccc1C=CC(=O)O. The van der Waals surface area contributed by atoms with Crippen molar-refractivity contribution in [3.63, 3.8) is 0 Å². The van der Waals surface area contributed by atoms with Gasteiger partial charge in [0.25, 0.3) is 10.1 Å². The van der Waals surface area contributed by atoms with Crippen LogP contribution in [0.5, 0.6) is 0 Å². The molecule has 0 aliphatic heterocycles. The van der Waals surface area contributed by atoms with E-state index >= 15 is 0 Å². The summed E-state index contributed by atoms with van der Waals surface area (Å²) in [5.41, 5.74) is 1.13. The number of allylic oxidation sites excluding steroid dienone is 1. The van der Waals surface area contributed by atoms with Crippen molar-refractivity contribution in [3.8, 4) is 0 Å². The summed E-state index contributed by atoms with van der Waals surface area (Å²) in [6, 6.07) is 3.93. The van der Waals surface area contributed by atoms with Gasteiger partial charge in [0.05, 0.1) is 4.90 Å². The van der Waals surface area contributed by atoms with Crippen molar-refractivity contribution in [2.45, 2.75) is 11.3 Å². The highest BCUT2D eigenvalue weighted by atomic mass is 32.2. The van der Waals surface area contributed by atoms with Crippen molar-refractivity contribution in [2.24, 2.45) is 0 Å². The molecule has 0 saturated heterocycles. The third-order valence-electron chi connectivity index (χ3n) is 2.18. The molecular weight excluding hydrogens is 256 g/mol. The Morgan fingerprint density at radius 2 is 2.06 bits per heavy atom. The highest BCUT2D eigenvalue weighted by molar-refractivity contribution is 7.85. The van der Waals surface area contributed by atoms with Crippen molar-refractivity contribution in [1.29, 1.82) is 0 Å². The molecule has 1 rings (SSSR count). The van der Waals surface area contributed by atoms with Gasteiger partial charge >= 0.3 is 5.97 Å². The Morgan fingerprint density at radius 1 is 1.39 bits per heavy atom. The van der Waals surface area contributed by atoms with Gasteiger partial charge in [0, 0.05) is 6.08 Å². The summed E-state index contributed by atoms with van der Waals surface area (Å²) >= 11 is 0. The van der Waals surface area contributed by atoms with Gasteiger partial charge in [-0.05, 0) is 35.8 Å². The monoisotopic (exact) mass is 268 g/mol. The van der Waals surface area contributed by atoms with Crippen LogP contribution in [0.25, 0.3) is 6.08 Å². The lowest BCUT2D eigenvalue weighted by Gasteiger charge is -2.05. The third-order valence-corrected chi connectivity index (χ3v) is 3.03. The molecule has 0 radical (unpaired) electrons. The molecule has 0 bridgehead atoms. The molecule has 1 aromatic carbocycles. The molecule has 0 fully saturated rings. The Morgan fingerprint density at radius 3 is 2.56 bits per heavy atom. The zero-order chi connectivity index (χ0) is 13.8. The van der Waals surface area contributed by atoms with Crippen molar-refractivity contribution in [2.75, 3.05) is 0 Å². The third kappa shape index (κ3) is 3.83. The quantitative estimate of drug-likeness (QED) is 0.482. The Bertz CT molecular complexity index is 599. The first-order valence-electron chi connectivity index (χ1n) is 4.97. The second-order valence-electron chi connectivity index (χ2n) is 3.50. The maximum Gasteiger partial charge on any atom is 0.328 e. The summed E-state index contributed by atoms with van der Waals surface area (Å²) in [6.07, 6.45) is 4.23. The van der Waals surface area contributed by atoms with Crippen molar-refractivity contribution < 1.29 is 22.9 Å². The van der Waals surface area contributed by atoms with Gasteiger partial charge in [-0.2, -0.15) is 8.42 Å². The Kier molecular flexibility index (Phi) is 4.41. The molecule has 5 nitrogen and oxygen atoms in total. The van der Waals surface area contributed by atoms with Crippen molar-refractivity contribution >= 4 is 22.2 Å². The average molecular weight is 268 g/mol. The highest BCUT2D eigenvalue weighted by Gasteiger charge is 2.11. The summed E-state index contributed by atoms with van der Waals surface area (Å²) in [5, 5.41) is 8.54. The number of carboxylic acids is 1. The minimum atomic E-state index is -4.27. The van der Waals surface area contributed by atoms with Crippen LogP contribution < -0.4 is 0 Å². The normalized spacial score (nSPS) is 11.6. The fourth-order valence-electron chi connectivity index (χ4n) is 1.40. The molecule has 0 saturated carbocycles. The largest absolute Gasteiger partial charge is 0.478 e. The highest BCUT2D eigenvalue weighted by Crippen LogP contribution is 2.18. The Balaban J connectivity index is 3.28. The topological polar surface area (TPSA) is 91.7 Å². The minimum absolute atomic E-state index is 0.230. The smallest absolute Gasteiger partial charge is 0.328 e. The lowest BCUT2D eigenvalue weighted by atomic mass is 10.0. The molecule has 0 aliphatic carbocycles. The number of hydrogen-bond acceptors (Lipinski definition) is 3. The molecule has 0 aliphatic rings. The zero-order valence-electron chi connectivity index (χ0n) is 9.41. The Hall–Kier alpha value is -1.92. The van der Waals surface area contributed by atoms with Crippen molar-refractivity contribution in [3.05, 3.63) is 48.1 Å². The van der Waals surface area contributed by atoms with Gasteiger partial charge in [0.1, 0.15) is 0 Å².